The van der Waals surface area contributed by atoms with Gasteiger partial charge in [0.05, 0.1) is 34.9 Å². The van der Waals surface area contributed by atoms with Gasteiger partial charge in [0.25, 0.3) is 0 Å². The number of carboxylic acid groups (broad SMARTS) is 1. The maximum atomic E-state index is 15.6. The van der Waals surface area contributed by atoms with E-state index in [9.17, 15) is 9.59 Å². The third-order valence-electron chi connectivity index (χ3n) is 5.40. The Morgan fingerprint density at radius 3 is 2.52 bits per heavy atom. The molecular formula is C18H20F2N4O5. The number of pyridine rings is 1. The predicted molar refractivity (Wildman–Crippen MR) is 100 cm³/mol. The second kappa shape index (κ2) is 6.85. The van der Waals surface area contributed by atoms with Crippen molar-refractivity contribution in [2.24, 2.45) is 5.73 Å². The van der Waals surface area contributed by atoms with Crippen molar-refractivity contribution in [3.63, 3.8) is 0 Å². The summed E-state index contributed by atoms with van der Waals surface area (Å²) >= 11 is 0. The first-order valence-corrected chi connectivity index (χ1v) is 9.04. The van der Waals surface area contributed by atoms with Gasteiger partial charge in [-0.15, -0.1) is 0 Å². The normalized spacial score (nSPS) is 21.7. The minimum absolute atomic E-state index is 0.144. The SMILES string of the molecule is CO[C@@H]1CN(c2c(F)c(N)c3c(=O)c(OC(=O)O)cn(C4CC4)c3c2F)C[C@@H]1N. The number of hydrogen-bond acceptors (Lipinski definition) is 7. The van der Waals surface area contributed by atoms with Crippen LogP contribution in [0.3, 0.4) is 0 Å². The second-order valence-electron chi connectivity index (χ2n) is 7.29. The molecule has 2 fully saturated rings. The van der Waals surface area contributed by atoms with Crippen LogP contribution in [0, 0.1) is 11.6 Å². The van der Waals surface area contributed by atoms with Crippen molar-refractivity contribution in [2.75, 3.05) is 30.8 Å². The highest BCUT2D eigenvalue weighted by atomic mass is 19.1. The average molecular weight is 410 g/mol. The van der Waals surface area contributed by atoms with E-state index in [0.29, 0.717) is 12.8 Å². The van der Waals surface area contributed by atoms with Gasteiger partial charge in [0.1, 0.15) is 5.69 Å². The molecule has 1 aliphatic carbocycles. The van der Waals surface area contributed by atoms with Crippen molar-refractivity contribution in [1.29, 1.82) is 0 Å². The molecule has 2 heterocycles. The van der Waals surface area contributed by atoms with E-state index in [1.165, 1.54) is 16.6 Å². The van der Waals surface area contributed by atoms with E-state index in [1.807, 2.05) is 0 Å². The van der Waals surface area contributed by atoms with Crippen LogP contribution in [0.4, 0.5) is 25.0 Å². The van der Waals surface area contributed by atoms with Gasteiger partial charge in [0, 0.05) is 26.2 Å². The molecule has 156 valence electrons. The fourth-order valence-electron chi connectivity index (χ4n) is 3.84. The van der Waals surface area contributed by atoms with Crippen molar-refractivity contribution in [2.45, 2.75) is 31.0 Å². The maximum Gasteiger partial charge on any atom is 0.511 e. The summed E-state index contributed by atoms with van der Waals surface area (Å²) in [4.78, 5) is 25.0. The van der Waals surface area contributed by atoms with E-state index in [0.717, 1.165) is 6.20 Å². The van der Waals surface area contributed by atoms with Crippen LogP contribution in [-0.2, 0) is 4.74 Å². The quantitative estimate of drug-likeness (QED) is 0.509. The first-order valence-electron chi connectivity index (χ1n) is 9.04. The third kappa shape index (κ3) is 3.06. The summed E-state index contributed by atoms with van der Waals surface area (Å²) in [5, 5.41) is 8.42. The Balaban J connectivity index is 1.99. The summed E-state index contributed by atoms with van der Waals surface area (Å²) in [6.45, 7) is 0.301. The molecule has 0 amide bonds. The zero-order valence-electron chi connectivity index (χ0n) is 15.5. The zero-order chi connectivity index (χ0) is 21.0. The van der Waals surface area contributed by atoms with Crippen LogP contribution in [0.2, 0.25) is 0 Å². The molecule has 1 aromatic carbocycles. The Morgan fingerprint density at radius 2 is 1.97 bits per heavy atom. The molecule has 1 saturated heterocycles. The lowest BCUT2D eigenvalue weighted by Gasteiger charge is -2.23. The standard InChI is InChI=1S/C18H20F2N4O5/c1-28-9-5-23(4-8(9)21)16-12(19)14(22)11-15(13(16)20)24(7-2-3-7)6-10(17(11)25)29-18(26)27/h6-9H,2-5,21-22H2,1H3,(H,26,27)/t8-,9+/m0/s1. The molecule has 1 saturated carbocycles. The summed E-state index contributed by atoms with van der Waals surface area (Å²) in [5.41, 5.74) is 9.75. The second-order valence-corrected chi connectivity index (χ2v) is 7.29. The Kier molecular flexibility index (Phi) is 4.58. The number of hydrogen-bond donors (Lipinski definition) is 3. The number of halogens is 2. The van der Waals surface area contributed by atoms with Gasteiger partial charge >= 0.3 is 6.16 Å². The van der Waals surface area contributed by atoms with Gasteiger partial charge in [-0.3, -0.25) is 4.79 Å². The van der Waals surface area contributed by atoms with Gasteiger partial charge in [-0.1, -0.05) is 0 Å². The molecule has 2 aliphatic rings. The van der Waals surface area contributed by atoms with E-state index in [1.54, 1.807) is 0 Å². The number of anilines is 2. The lowest BCUT2D eigenvalue weighted by molar-refractivity contribution is 0.108. The van der Waals surface area contributed by atoms with Crippen LogP contribution in [0.1, 0.15) is 18.9 Å². The lowest BCUT2D eigenvalue weighted by atomic mass is 10.1. The molecule has 2 aromatic rings. The van der Waals surface area contributed by atoms with E-state index in [4.69, 9.17) is 21.3 Å². The molecule has 0 unspecified atom stereocenters. The molecule has 0 bridgehead atoms. The molecule has 9 nitrogen and oxygen atoms in total. The Hall–Kier alpha value is -2.92. The molecule has 5 N–H and O–H groups in total. The molecule has 0 radical (unpaired) electrons. The minimum atomic E-state index is -1.71. The number of benzene rings is 1. The van der Waals surface area contributed by atoms with Crippen molar-refractivity contribution < 1.29 is 28.2 Å². The maximum absolute atomic E-state index is 15.6. The fourth-order valence-corrected chi connectivity index (χ4v) is 3.84. The van der Waals surface area contributed by atoms with Crippen LogP contribution in [0.5, 0.6) is 5.75 Å². The molecule has 2 atom stereocenters. The summed E-state index contributed by atoms with van der Waals surface area (Å²) < 4.78 is 41.9. The van der Waals surface area contributed by atoms with E-state index in [2.05, 4.69) is 4.74 Å². The van der Waals surface area contributed by atoms with Crippen LogP contribution in [0.15, 0.2) is 11.0 Å². The Bertz CT molecular complexity index is 1070. The highest BCUT2D eigenvalue weighted by Crippen LogP contribution is 2.42. The number of methoxy groups -OCH3 is 1. The summed E-state index contributed by atoms with van der Waals surface area (Å²) in [5.74, 6) is -2.62. The summed E-state index contributed by atoms with van der Waals surface area (Å²) in [6, 6.07) is -0.623. The molecular weight excluding hydrogens is 390 g/mol. The van der Waals surface area contributed by atoms with Crippen LogP contribution < -0.4 is 26.5 Å². The number of rotatable bonds is 4. The van der Waals surface area contributed by atoms with Crippen molar-refractivity contribution in [3.05, 3.63) is 28.1 Å². The first-order chi connectivity index (χ1) is 13.7. The predicted octanol–water partition coefficient (Wildman–Crippen LogP) is 1.42. The lowest BCUT2D eigenvalue weighted by Crippen LogP contribution is -2.34. The van der Waals surface area contributed by atoms with Gasteiger partial charge in [0.15, 0.2) is 17.4 Å². The van der Waals surface area contributed by atoms with E-state index >= 15 is 8.78 Å². The highest BCUT2D eigenvalue weighted by Gasteiger charge is 2.37. The molecule has 0 spiro atoms. The van der Waals surface area contributed by atoms with Gasteiger partial charge in [-0.2, -0.15) is 0 Å². The van der Waals surface area contributed by atoms with Gasteiger partial charge in [-0.25, -0.2) is 13.6 Å². The van der Waals surface area contributed by atoms with Crippen LogP contribution in [-0.4, -0.2) is 48.2 Å². The van der Waals surface area contributed by atoms with Crippen molar-refractivity contribution in [3.8, 4) is 5.75 Å². The van der Waals surface area contributed by atoms with Gasteiger partial charge in [0.2, 0.25) is 5.43 Å². The molecule has 1 aliphatic heterocycles. The number of fused-ring (bicyclic) bond motifs is 1. The molecule has 11 heteroatoms. The first kappa shape index (κ1) is 19.4. The minimum Gasteiger partial charge on any atom is -0.449 e. The fraction of sp³-hybridized carbons (Fsp3) is 0.444. The number of carbonyl (C=O) groups is 1. The van der Waals surface area contributed by atoms with E-state index < -0.39 is 52.2 Å². The number of nitrogens with zero attached hydrogens (tertiary/aromatic N) is 2. The smallest absolute Gasteiger partial charge is 0.449 e. The number of aromatic nitrogens is 1. The Labute approximate surface area is 163 Å². The Morgan fingerprint density at radius 1 is 1.28 bits per heavy atom. The number of ether oxygens (including phenoxy) is 2. The van der Waals surface area contributed by atoms with Gasteiger partial charge in [-0.05, 0) is 12.8 Å². The number of nitrogens with two attached hydrogens (primary N) is 2. The topological polar surface area (TPSA) is 133 Å². The largest absolute Gasteiger partial charge is 0.511 e. The average Bonchev–Trinajstić information content (AvgIpc) is 3.44. The summed E-state index contributed by atoms with van der Waals surface area (Å²) in [6.07, 6.45) is 0.390. The van der Waals surface area contributed by atoms with Crippen molar-refractivity contribution >= 4 is 28.4 Å². The van der Waals surface area contributed by atoms with Gasteiger partial charge < -0.3 is 35.5 Å². The van der Waals surface area contributed by atoms with Crippen LogP contribution in [0.25, 0.3) is 10.9 Å². The molecule has 29 heavy (non-hydrogen) atoms. The third-order valence-corrected chi connectivity index (χ3v) is 5.40. The summed E-state index contributed by atoms with van der Waals surface area (Å²) in [7, 11) is 1.46. The number of nitrogen functional groups attached to an aromatic ring is 1. The zero-order valence-corrected chi connectivity index (χ0v) is 15.5. The highest BCUT2D eigenvalue weighted by molar-refractivity contribution is 5.96. The monoisotopic (exact) mass is 410 g/mol. The van der Waals surface area contributed by atoms with E-state index in [-0.39, 0.29) is 30.3 Å². The molecule has 4 rings (SSSR count). The van der Waals surface area contributed by atoms with Crippen molar-refractivity contribution in [1.82, 2.24) is 4.57 Å². The van der Waals surface area contributed by atoms with Crippen LogP contribution >= 0.6 is 0 Å². The molecule has 1 aromatic heterocycles.